The third-order valence-electron chi connectivity index (χ3n) is 4.24. The largest absolute Gasteiger partial charge is 0.467 e. The summed E-state index contributed by atoms with van der Waals surface area (Å²) >= 11 is 0. The first-order valence-corrected chi connectivity index (χ1v) is 9.32. The van der Waals surface area contributed by atoms with Crippen LogP contribution in [0, 0.1) is 5.82 Å². The zero-order valence-electron chi connectivity index (χ0n) is 16.4. The SMILES string of the molecule is CN=C(NCCCOCc1ccco1)NCCc1cc(F)cc2c1OCOC2.I. The first-order valence-electron chi connectivity index (χ1n) is 9.32. The van der Waals surface area contributed by atoms with Crippen LogP contribution in [0.1, 0.15) is 23.3 Å². The smallest absolute Gasteiger partial charge is 0.190 e. The lowest BCUT2D eigenvalue weighted by Gasteiger charge is -2.21. The topological polar surface area (TPSA) is 77.3 Å². The summed E-state index contributed by atoms with van der Waals surface area (Å²) in [5.74, 6) is 1.96. The molecule has 0 amide bonds. The van der Waals surface area contributed by atoms with Crippen molar-refractivity contribution in [3.8, 4) is 5.75 Å². The van der Waals surface area contributed by atoms with Gasteiger partial charge in [0.1, 0.15) is 23.9 Å². The van der Waals surface area contributed by atoms with E-state index in [1.54, 1.807) is 13.3 Å². The Balaban J connectivity index is 0.00000300. The molecular weight excluding hydrogens is 492 g/mol. The maximum Gasteiger partial charge on any atom is 0.190 e. The number of aliphatic imine (C=N–C) groups is 1. The van der Waals surface area contributed by atoms with Gasteiger partial charge in [0, 0.05) is 32.3 Å². The zero-order valence-corrected chi connectivity index (χ0v) is 18.7. The fourth-order valence-electron chi connectivity index (χ4n) is 2.93. The van der Waals surface area contributed by atoms with Crippen molar-refractivity contribution in [3.05, 3.63) is 53.2 Å². The number of ether oxygens (including phenoxy) is 3. The fourth-order valence-corrected chi connectivity index (χ4v) is 2.93. The van der Waals surface area contributed by atoms with E-state index in [2.05, 4.69) is 15.6 Å². The summed E-state index contributed by atoms with van der Waals surface area (Å²) in [6.45, 7) is 3.01. The third-order valence-corrected chi connectivity index (χ3v) is 4.24. The van der Waals surface area contributed by atoms with Crippen molar-refractivity contribution in [3.63, 3.8) is 0 Å². The third kappa shape index (κ3) is 7.48. The maximum atomic E-state index is 13.8. The zero-order chi connectivity index (χ0) is 19.6. The molecule has 160 valence electrons. The van der Waals surface area contributed by atoms with Crippen LogP contribution in [-0.2, 0) is 29.1 Å². The van der Waals surface area contributed by atoms with E-state index >= 15 is 0 Å². The van der Waals surface area contributed by atoms with Crippen molar-refractivity contribution in [2.75, 3.05) is 33.5 Å². The summed E-state index contributed by atoms with van der Waals surface area (Å²) in [5.41, 5.74) is 1.57. The number of hydrogen-bond acceptors (Lipinski definition) is 5. The minimum absolute atomic E-state index is 0. The molecule has 2 heterocycles. The van der Waals surface area contributed by atoms with Crippen molar-refractivity contribution in [1.29, 1.82) is 0 Å². The van der Waals surface area contributed by atoms with Gasteiger partial charge in [-0.15, -0.1) is 24.0 Å². The van der Waals surface area contributed by atoms with Gasteiger partial charge in [-0.2, -0.15) is 0 Å². The molecule has 0 saturated heterocycles. The predicted octanol–water partition coefficient (Wildman–Crippen LogP) is 3.22. The molecule has 29 heavy (non-hydrogen) atoms. The number of rotatable bonds is 9. The number of nitrogens with one attached hydrogen (secondary N) is 2. The Morgan fingerprint density at radius 2 is 2.14 bits per heavy atom. The highest BCUT2D eigenvalue weighted by molar-refractivity contribution is 14.0. The molecule has 0 radical (unpaired) electrons. The first kappa shape index (κ1) is 23.4. The predicted molar refractivity (Wildman–Crippen MR) is 118 cm³/mol. The summed E-state index contributed by atoms with van der Waals surface area (Å²) in [6.07, 6.45) is 3.09. The number of fused-ring (bicyclic) bond motifs is 1. The van der Waals surface area contributed by atoms with Gasteiger partial charge in [0.25, 0.3) is 0 Å². The average molecular weight is 519 g/mol. The Morgan fingerprint density at radius 1 is 1.28 bits per heavy atom. The molecule has 0 aliphatic carbocycles. The number of nitrogens with zero attached hydrogens (tertiary/aromatic N) is 1. The highest BCUT2D eigenvalue weighted by Gasteiger charge is 2.16. The minimum Gasteiger partial charge on any atom is -0.467 e. The standard InChI is InChI=1S/C20H26FN3O4.HI/c1-22-20(23-6-3-8-25-13-18-4-2-9-27-18)24-7-5-15-10-17(21)11-16-12-26-14-28-19(15)16;/h2,4,9-11H,3,5-8,12-14H2,1H3,(H2,22,23,24);1H. The van der Waals surface area contributed by atoms with E-state index in [-0.39, 0.29) is 36.6 Å². The molecule has 1 aliphatic heterocycles. The summed E-state index contributed by atoms with van der Waals surface area (Å²) in [7, 11) is 1.72. The van der Waals surface area contributed by atoms with Crippen molar-refractivity contribution in [2.24, 2.45) is 4.99 Å². The molecule has 3 rings (SSSR count). The van der Waals surface area contributed by atoms with E-state index < -0.39 is 0 Å². The summed E-state index contributed by atoms with van der Waals surface area (Å²) < 4.78 is 35.3. The maximum absolute atomic E-state index is 13.8. The van der Waals surface area contributed by atoms with Gasteiger partial charge in [-0.25, -0.2) is 4.39 Å². The summed E-state index contributed by atoms with van der Waals surface area (Å²) in [4.78, 5) is 4.20. The number of guanidine groups is 1. The van der Waals surface area contributed by atoms with Gasteiger partial charge in [-0.05, 0) is 42.7 Å². The molecule has 0 unspecified atom stereocenters. The van der Waals surface area contributed by atoms with Crippen LogP contribution in [0.15, 0.2) is 39.9 Å². The molecule has 0 saturated carbocycles. The quantitative estimate of drug-likeness (QED) is 0.230. The Morgan fingerprint density at radius 3 is 2.93 bits per heavy atom. The Kier molecular flexibility index (Phi) is 10.2. The molecule has 1 aliphatic rings. The molecule has 0 atom stereocenters. The van der Waals surface area contributed by atoms with Crippen LogP contribution in [-0.4, -0.2) is 39.5 Å². The Labute approximate surface area is 187 Å². The highest BCUT2D eigenvalue weighted by atomic mass is 127. The van der Waals surface area contributed by atoms with Crippen LogP contribution < -0.4 is 15.4 Å². The normalized spacial score (nSPS) is 13.2. The van der Waals surface area contributed by atoms with E-state index in [9.17, 15) is 4.39 Å². The molecule has 2 N–H and O–H groups in total. The van der Waals surface area contributed by atoms with Gasteiger partial charge in [-0.1, -0.05) is 0 Å². The number of furan rings is 1. The lowest BCUT2D eigenvalue weighted by molar-refractivity contribution is -0.0172. The van der Waals surface area contributed by atoms with Crippen LogP contribution in [0.3, 0.4) is 0 Å². The molecule has 0 fully saturated rings. The van der Waals surface area contributed by atoms with Gasteiger partial charge in [0.2, 0.25) is 0 Å². The van der Waals surface area contributed by atoms with Gasteiger partial charge < -0.3 is 29.3 Å². The van der Waals surface area contributed by atoms with Crippen LogP contribution in [0.2, 0.25) is 0 Å². The highest BCUT2D eigenvalue weighted by Crippen LogP contribution is 2.29. The second-order valence-corrected chi connectivity index (χ2v) is 6.33. The Bertz CT molecular complexity index is 771. The van der Waals surface area contributed by atoms with Crippen molar-refractivity contribution >= 4 is 29.9 Å². The van der Waals surface area contributed by atoms with Gasteiger partial charge in [0.05, 0.1) is 12.9 Å². The van der Waals surface area contributed by atoms with Crippen molar-refractivity contribution in [2.45, 2.75) is 26.1 Å². The number of halogens is 2. The molecule has 7 nitrogen and oxygen atoms in total. The lowest BCUT2D eigenvalue weighted by atomic mass is 10.1. The molecule has 9 heteroatoms. The monoisotopic (exact) mass is 519 g/mol. The van der Waals surface area contributed by atoms with Crippen LogP contribution in [0.25, 0.3) is 0 Å². The van der Waals surface area contributed by atoms with E-state index in [0.29, 0.717) is 38.7 Å². The fraction of sp³-hybridized carbons (Fsp3) is 0.450. The van der Waals surface area contributed by atoms with Gasteiger partial charge in [-0.3, -0.25) is 4.99 Å². The molecule has 1 aromatic heterocycles. The molecular formula is C20H27FIN3O4. The number of hydrogen-bond donors (Lipinski definition) is 2. The van der Waals surface area contributed by atoms with E-state index in [1.807, 2.05) is 12.1 Å². The summed E-state index contributed by atoms with van der Waals surface area (Å²) in [6, 6.07) is 6.70. The molecule has 1 aromatic carbocycles. The first-order chi connectivity index (χ1) is 13.8. The molecule has 0 spiro atoms. The van der Waals surface area contributed by atoms with Crippen LogP contribution in [0.5, 0.6) is 5.75 Å². The van der Waals surface area contributed by atoms with Crippen LogP contribution in [0.4, 0.5) is 4.39 Å². The Hall–Kier alpha value is -1.85. The number of benzene rings is 1. The van der Waals surface area contributed by atoms with Crippen molar-refractivity contribution in [1.82, 2.24) is 10.6 Å². The van der Waals surface area contributed by atoms with Crippen LogP contribution >= 0.6 is 24.0 Å². The van der Waals surface area contributed by atoms with Gasteiger partial charge in [0.15, 0.2) is 12.8 Å². The molecule has 0 bridgehead atoms. The lowest BCUT2D eigenvalue weighted by Crippen LogP contribution is -2.39. The van der Waals surface area contributed by atoms with E-state index in [4.69, 9.17) is 18.6 Å². The average Bonchev–Trinajstić information content (AvgIpc) is 3.22. The van der Waals surface area contributed by atoms with E-state index in [0.717, 1.165) is 35.6 Å². The minimum atomic E-state index is -0.278. The summed E-state index contributed by atoms with van der Waals surface area (Å²) in [5, 5.41) is 6.46. The second-order valence-electron chi connectivity index (χ2n) is 6.33. The van der Waals surface area contributed by atoms with Gasteiger partial charge >= 0.3 is 0 Å². The molecule has 2 aromatic rings. The van der Waals surface area contributed by atoms with Crippen molar-refractivity contribution < 1.29 is 23.0 Å². The second kappa shape index (κ2) is 12.7. The van der Waals surface area contributed by atoms with E-state index in [1.165, 1.54) is 12.1 Å².